The standard InChI is InChI=1S/C27H25IN4OS/c1-16-7-11-20(12-8-16)33-21-13-9-19(10-14-21)32-26(23-17(2)30-18(3)24(23)28)25(31-27(32)34)22-6-4-5-15-29-22/h4-15,25-26,30H,1-3H3,(H,31,34)/t25-,26+/m0/s1. The van der Waals surface area contributed by atoms with Crippen molar-refractivity contribution in [2.45, 2.75) is 32.9 Å². The van der Waals surface area contributed by atoms with Crippen LogP contribution in [0.5, 0.6) is 11.5 Å². The molecule has 2 aromatic carbocycles. The van der Waals surface area contributed by atoms with E-state index in [9.17, 15) is 0 Å². The highest BCUT2D eigenvalue weighted by molar-refractivity contribution is 14.1. The Morgan fingerprint density at radius 3 is 2.18 bits per heavy atom. The third kappa shape index (κ3) is 4.30. The number of hydrogen-bond acceptors (Lipinski definition) is 3. The highest BCUT2D eigenvalue weighted by atomic mass is 127. The van der Waals surface area contributed by atoms with Crippen molar-refractivity contribution in [2.24, 2.45) is 0 Å². The van der Waals surface area contributed by atoms with Gasteiger partial charge in [-0.05, 0) is 104 Å². The van der Waals surface area contributed by atoms with Crippen LogP contribution in [0.1, 0.15) is 40.3 Å². The third-order valence-electron chi connectivity index (χ3n) is 6.11. The smallest absolute Gasteiger partial charge is 0.174 e. The van der Waals surface area contributed by atoms with Crippen molar-refractivity contribution in [3.05, 3.63) is 105 Å². The zero-order valence-electron chi connectivity index (χ0n) is 19.2. The number of halogens is 1. The first-order chi connectivity index (χ1) is 16.4. The summed E-state index contributed by atoms with van der Waals surface area (Å²) in [4.78, 5) is 10.4. The van der Waals surface area contributed by atoms with E-state index in [4.69, 9.17) is 17.0 Å². The summed E-state index contributed by atoms with van der Waals surface area (Å²) >= 11 is 8.29. The molecule has 5 rings (SSSR count). The number of anilines is 1. The van der Waals surface area contributed by atoms with Gasteiger partial charge in [-0.25, -0.2) is 0 Å². The zero-order valence-corrected chi connectivity index (χ0v) is 22.1. The number of thiocarbonyl (C=S) groups is 1. The lowest BCUT2D eigenvalue weighted by Gasteiger charge is -2.28. The maximum absolute atomic E-state index is 6.04. The highest BCUT2D eigenvalue weighted by Crippen LogP contribution is 2.44. The van der Waals surface area contributed by atoms with E-state index in [1.807, 2.05) is 54.7 Å². The van der Waals surface area contributed by atoms with Gasteiger partial charge in [0.1, 0.15) is 11.5 Å². The Morgan fingerprint density at radius 1 is 0.912 bits per heavy atom. The average Bonchev–Trinajstić information content (AvgIpc) is 3.30. The van der Waals surface area contributed by atoms with Crippen LogP contribution in [0, 0.1) is 24.3 Å². The Labute approximate surface area is 218 Å². The number of aromatic nitrogens is 2. The van der Waals surface area contributed by atoms with Crippen LogP contribution in [0.15, 0.2) is 72.9 Å². The molecule has 1 fully saturated rings. The van der Waals surface area contributed by atoms with Crippen LogP contribution in [0.4, 0.5) is 5.69 Å². The molecule has 0 aliphatic carbocycles. The first-order valence-corrected chi connectivity index (χ1v) is 12.6. The number of nitrogens with zero attached hydrogens (tertiary/aromatic N) is 2. The normalized spacial score (nSPS) is 17.6. The van der Waals surface area contributed by atoms with E-state index in [-0.39, 0.29) is 12.1 Å². The molecule has 2 aromatic heterocycles. The van der Waals surface area contributed by atoms with Gasteiger partial charge in [0.05, 0.1) is 17.8 Å². The molecule has 34 heavy (non-hydrogen) atoms. The van der Waals surface area contributed by atoms with Gasteiger partial charge in [-0.15, -0.1) is 0 Å². The van der Waals surface area contributed by atoms with Gasteiger partial charge in [0.25, 0.3) is 0 Å². The maximum atomic E-state index is 6.04. The molecule has 4 aromatic rings. The van der Waals surface area contributed by atoms with E-state index in [1.165, 1.54) is 14.7 Å². The van der Waals surface area contributed by atoms with E-state index in [0.717, 1.165) is 34.3 Å². The van der Waals surface area contributed by atoms with Crippen LogP contribution < -0.4 is 15.0 Å². The van der Waals surface area contributed by atoms with E-state index >= 15 is 0 Å². The van der Waals surface area contributed by atoms with Gasteiger partial charge in [0, 0.05) is 32.4 Å². The number of benzene rings is 2. The van der Waals surface area contributed by atoms with Crippen molar-refractivity contribution >= 4 is 45.6 Å². The number of aryl methyl sites for hydroxylation is 3. The molecule has 0 amide bonds. The number of rotatable bonds is 5. The molecule has 1 aliphatic heterocycles. The topological polar surface area (TPSA) is 53.2 Å². The van der Waals surface area contributed by atoms with Crippen LogP contribution >= 0.6 is 34.8 Å². The van der Waals surface area contributed by atoms with Crippen LogP contribution in [0.3, 0.4) is 0 Å². The van der Waals surface area contributed by atoms with Gasteiger partial charge in [0.15, 0.2) is 5.11 Å². The molecule has 172 valence electrons. The van der Waals surface area contributed by atoms with Gasteiger partial charge in [-0.3, -0.25) is 4.98 Å². The summed E-state index contributed by atoms with van der Waals surface area (Å²) in [7, 11) is 0. The molecule has 0 saturated carbocycles. The van der Waals surface area contributed by atoms with Crippen molar-refractivity contribution in [1.29, 1.82) is 0 Å². The van der Waals surface area contributed by atoms with Gasteiger partial charge in [-0.2, -0.15) is 0 Å². The lowest BCUT2D eigenvalue weighted by Crippen LogP contribution is -2.29. The van der Waals surface area contributed by atoms with E-state index in [1.54, 1.807) is 0 Å². The van der Waals surface area contributed by atoms with Crippen molar-refractivity contribution in [3.8, 4) is 11.5 Å². The second-order valence-electron chi connectivity index (χ2n) is 8.51. The van der Waals surface area contributed by atoms with Crippen molar-refractivity contribution in [3.63, 3.8) is 0 Å². The van der Waals surface area contributed by atoms with Crippen molar-refractivity contribution < 1.29 is 4.74 Å². The molecule has 0 bridgehead atoms. The predicted octanol–water partition coefficient (Wildman–Crippen LogP) is 6.91. The predicted molar refractivity (Wildman–Crippen MR) is 149 cm³/mol. The third-order valence-corrected chi connectivity index (χ3v) is 7.81. The SMILES string of the molecule is Cc1ccc(Oc2ccc(N3C(=S)N[C@@H](c4ccccn4)[C@H]3c3c(C)[nH]c(C)c3I)cc2)cc1. The molecular formula is C27H25IN4OS. The first-order valence-electron chi connectivity index (χ1n) is 11.1. The summed E-state index contributed by atoms with van der Waals surface area (Å²) in [6, 6.07) is 22.1. The lowest BCUT2D eigenvalue weighted by atomic mass is 9.96. The molecule has 0 unspecified atom stereocenters. The fourth-order valence-electron chi connectivity index (χ4n) is 4.47. The second kappa shape index (κ2) is 9.38. The van der Waals surface area contributed by atoms with Gasteiger partial charge >= 0.3 is 0 Å². The fraction of sp³-hybridized carbons (Fsp3) is 0.185. The van der Waals surface area contributed by atoms with Crippen molar-refractivity contribution in [1.82, 2.24) is 15.3 Å². The molecule has 0 radical (unpaired) electrons. The average molecular weight is 580 g/mol. The molecule has 0 spiro atoms. The number of H-pyrrole nitrogens is 1. The second-order valence-corrected chi connectivity index (χ2v) is 9.97. The molecule has 3 heterocycles. The molecule has 5 nitrogen and oxygen atoms in total. The summed E-state index contributed by atoms with van der Waals surface area (Å²) in [6.07, 6.45) is 1.83. The highest BCUT2D eigenvalue weighted by Gasteiger charge is 2.43. The molecule has 2 N–H and O–H groups in total. The number of hydrogen-bond donors (Lipinski definition) is 2. The molecule has 1 saturated heterocycles. The van der Waals surface area contributed by atoms with Crippen LogP contribution in [0.2, 0.25) is 0 Å². The quantitative estimate of drug-likeness (QED) is 0.199. The number of aromatic amines is 1. The summed E-state index contributed by atoms with van der Waals surface area (Å²) < 4.78 is 7.26. The minimum atomic E-state index is -0.0698. The monoisotopic (exact) mass is 580 g/mol. The molecule has 7 heteroatoms. The van der Waals surface area contributed by atoms with Gasteiger partial charge < -0.3 is 19.9 Å². The Morgan fingerprint density at radius 2 is 1.59 bits per heavy atom. The minimum absolute atomic E-state index is 0.0388. The molecule has 2 atom stereocenters. The number of ether oxygens (including phenoxy) is 1. The van der Waals surface area contributed by atoms with E-state index in [2.05, 4.69) is 81.7 Å². The lowest BCUT2D eigenvalue weighted by molar-refractivity contribution is 0.482. The molecule has 1 aliphatic rings. The Bertz CT molecular complexity index is 1320. The Hall–Kier alpha value is -2.91. The number of nitrogens with one attached hydrogen (secondary N) is 2. The number of pyridine rings is 1. The summed E-state index contributed by atoms with van der Waals surface area (Å²) in [5.41, 5.74) is 6.71. The van der Waals surface area contributed by atoms with Crippen LogP contribution in [-0.2, 0) is 0 Å². The minimum Gasteiger partial charge on any atom is -0.457 e. The van der Waals surface area contributed by atoms with E-state index < -0.39 is 0 Å². The maximum Gasteiger partial charge on any atom is 0.174 e. The first kappa shape index (κ1) is 22.9. The largest absolute Gasteiger partial charge is 0.457 e. The zero-order chi connectivity index (χ0) is 23.8. The van der Waals surface area contributed by atoms with E-state index in [0.29, 0.717) is 5.11 Å². The Balaban J connectivity index is 1.52. The molecular weight excluding hydrogens is 555 g/mol. The summed E-state index contributed by atoms with van der Waals surface area (Å²) in [5, 5.41) is 4.22. The van der Waals surface area contributed by atoms with Crippen LogP contribution in [0.25, 0.3) is 0 Å². The van der Waals surface area contributed by atoms with Gasteiger partial charge in [-0.1, -0.05) is 23.8 Å². The van der Waals surface area contributed by atoms with Gasteiger partial charge in [0.2, 0.25) is 0 Å². The fourth-order valence-corrected chi connectivity index (χ4v) is 5.67. The summed E-state index contributed by atoms with van der Waals surface area (Å²) in [6.45, 7) is 6.30. The van der Waals surface area contributed by atoms with Crippen molar-refractivity contribution in [2.75, 3.05) is 4.90 Å². The Kier molecular flexibility index (Phi) is 6.31. The summed E-state index contributed by atoms with van der Waals surface area (Å²) in [5.74, 6) is 1.60. The van der Waals surface area contributed by atoms with Crippen LogP contribution in [-0.4, -0.2) is 15.1 Å².